The minimum atomic E-state index is -0.392. The van der Waals surface area contributed by atoms with Crippen molar-refractivity contribution in [2.75, 3.05) is 6.61 Å². The van der Waals surface area contributed by atoms with E-state index in [1.807, 2.05) is 0 Å². The fourth-order valence-corrected chi connectivity index (χ4v) is 1.69. The van der Waals surface area contributed by atoms with E-state index in [-0.39, 0.29) is 5.41 Å². The molecule has 5 heteroatoms. The highest BCUT2D eigenvalue weighted by molar-refractivity contribution is 5.67. The van der Waals surface area contributed by atoms with E-state index in [1.165, 1.54) is 6.33 Å². The summed E-state index contributed by atoms with van der Waals surface area (Å²) in [4.78, 5) is 19.8. The number of aromatic nitrogens is 2. The summed E-state index contributed by atoms with van der Waals surface area (Å²) in [5, 5.41) is 2.73. The van der Waals surface area contributed by atoms with E-state index in [0.29, 0.717) is 13.2 Å². The maximum Gasteiger partial charge on any atom is 0.407 e. The molecule has 1 aromatic heterocycles. The lowest BCUT2D eigenvalue weighted by Crippen LogP contribution is -2.27. The van der Waals surface area contributed by atoms with E-state index in [0.717, 1.165) is 24.1 Å². The Morgan fingerprint density at radius 2 is 2.16 bits per heavy atom. The van der Waals surface area contributed by atoms with Gasteiger partial charge in [-0.05, 0) is 6.42 Å². The first-order chi connectivity index (χ1) is 8.95. The van der Waals surface area contributed by atoms with Gasteiger partial charge in [0.1, 0.15) is 6.33 Å². The number of nitrogens with zero attached hydrogens (tertiary/aromatic N) is 2. The number of hydrogen-bond acceptors (Lipinski definition) is 4. The molecule has 1 N–H and O–H groups in total. The first-order valence-corrected chi connectivity index (χ1v) is 6.65. The first kappa shape index (κ1) is 15.4. The van der Waals surface area contributed by atoms with Crippen molar-refractivity contribution in [2.24, 2.45) is 0 Å². The molecule has 1 heterocycles. The Bertz CT molecular complexity index is 413. The second kappa shape index (κ2) is 7.07. The molecule has 0 aromatic carbocycles. The van der Waals surface area contributed by atoms with Crippen molar-refractivity contribution < 1.29 is 9.53 Å². The molecule has 0 fully saturated rings. The number of hydrogen-bond donors (Lipinski definition) is 1. The lowest BCUT2D eigenvalue weighted by atomic mass is 9.89. The smallest absolute Gasteiger partial charge is 0.407 e. The van der Waals surface area contributed by atoms with Crippen molar-refractivity contribution in [1.82, 2.24) is 15.3 Å². The molecule has 0 bridgehead atoms. The largest absolute Gasteiger partial charge is 0.450 e. The van der Waals surface area contributed by atoms with Crippen LogP contribution in [0.3, 0.4) is 0 Å². The number of carbonyl (C=O) groups is 1. The second-order valence-corrected chi connectivity index (χ2v) is 5.49. The van der Waals surface area contributed by atoms with E-state index in [9.17, 15) is 4.79 Å². The average molecular weight is 265 g/mol. The summed E-state index contributed by atoms with van der Waals surface area (Å²) >= 11 is 0. The minimum absolute atomic E-state index is 0.0773. The summed E-state index contributed by atoms with van der Waals surface area (Å²) in [5.41, 5.74) is 1.78. The van der Waals surface area contributed by atoms with Gasteiger partial charge in [-0.15, -0.1) is 0 Å². The minimum Gasteiger partial charge on any atom is -0.450 e. The first-order valence-electron chi connectivity index (χ1n) is 6.65. The molecule has 1 aromatic rings. The number of carbonyl (C=O) groups excluding carboxylic acids is 1. The molecule has 1 amide bonds. The van der Waals surface area contributed by atoms with Crippen LogP contribution in [0.4, 0.5) is 4.79 Å². The fourth-order valence-electron chi connectivity index (χ4n) is 1.69. The second-order valence-electron chi connectivity index (χ2n) is 5.49. The van der Waals surface area contributed by atoms with Crippen molar-refractivity contribution >= 4 is 6.09 Å². The van der Waals surface area contributed by atoms with E-state index < -0.39 is 6.09 Å². The molecule has 0 aliphatic rings. The summed E-state index contributed by atoms with van der Waals surface area (Å²) in [7, 11) is 0. The van der Waals surface area contributed by atoms with Crippen LogP contribution in [0.5, 0.6) is 0 Å². The Hall–Kier alpha value is -1.65. The van der Waals surface area contributed by atoms with Crippen LogP contribution in [0, 0.1) is 0 Å². The van der Waals surface area contributed by atoms with Crippen LogP contribution in [0.2, 0.25) is 0 Å². The zero-order chi connectivity index (χ0) is 14.3. The maximum absolute atomic E-state index is 11.5. The lowest BCUT2D eigenvalue weighted by Gasteiger charge is -2.20. The molecular formula is C14H23N3O2. The van der Waals surface area contributed by atoms with Gasteiger partial charge in [0.15, 0.2) is 0 Å². The Morgan fingerprint density at radius 3 is 2.79 bits per heavy atom. The number of nitrogens with one attached hydrogen (secondary N) is 1. The van der Waals surface area contributed by atoms with Gasteiger partial charge in [-0.25, -0.2) is 14.8 Å². The van der Waals surface area contributed by atoms with Crippen molar-refractivity contribution in [2.45, 2.75) is 52.5 Å². The summed E-state index contributed by atoms with van der Waals surface area (Å²) < 4.78 is 5.04. The highest BCUT2D eigenvalue weighted by Gasteiger charge is 2.19. The predicted molar refractivity (Wildman–Crippen MR) is 73.8 cm³/mol. The van der Waals surface area contributed by atoms with Crippen LogP contribution < -0.4 is 5.32 Å². The molecule has 0 saturated heterocycles. The highest BCUT2D eigenvalue weighted by atomic mass is 16.5. The normalized spacial score (nSPS) is 11.2. The summed E-state index contributed by atoms with van der Waals surface area (Å²) in [6.45, 7) is 9.14. The van der Waals surface area contributed by atoms with Crippen LogP contribution in [0.25, 0.3) is 0 Å². The molecule has 106 valence electrons. The Balaban J connectivity index is 2.56. The van der Waals surface area contributed by atoms with Crippen LogP contribution in [0.15, 0.2) is 12.5 Å². The van der Waals surface area contributed by atoms with Gasteiger partial charge in [0, 0.05) is 23.7 Å². The maximum atomic E-state index is 11.5. The molecule has 0 unspecified atom stereocenters. The fraction of sp³-hybridized carbons (Fsp3) is 0.643. The van der Waals surface area contributed by atoms with E-state index in [4.69, 9.17) is 4.74 Å². The number of amides is 1. The molecule has 1 rings (SSSR count). The third-order valence-electron chi connectivity index (χ3n) is 2.65. The standard InChI is InChI=1S/C14H23N3O2/c1-5-6-7-19-13(18)16-9-11-8-15-10-17-12(11)14(2,3)4/h8,10H,5-7,9H2,1-4H3,(H,16,18). The molecule has 0 aliphatic carbocycles. The molecule has 5 nitrogen and oxygen atoms in total. The van der Waals surface area contributed by atoms with Crippen molar-refractivity contribution in [1.29, 1.82) is 0 Å². The molecule has 0 spiro atoms. The lowest BCUT2D eigenvalue weighted by molar-refractivity contribution is 0.144. The number of ether oxygens (including phenoxy) is 1. The Morgan fingerprint density at radius 1 is 1.42 bits per heavy atom. The molecule has 0 saturated carbocycles. The zero-order valence-corrected chi connectivity index (χ0v) is 12.2. The number of alkyl carbamates (subject to hydrolysis) is 1. The molecule has 0 aliphatic heterocycles. The van der Waals surface area contributed by atoms with Gasteiger partial charge in [0.05, 0.1) is 12.3 Å². The molecular weight excluding hydrogens is 242 g/mol. The number of unbranched alkanes of at least 4 members (excludes halogenated alkanes) is 1. The van der Waals surface area contributed by atoms with Gasteiger partial charge in [0.2, 0.25) is 0 Å². The third-order valence-corrected chi connectivity index (χ3v) is 2.65. The highest BCUT2D eigenvalue weighted by Crippen LogP contribution is 2.22. The van der Waals surface area contributed by atoms with Gasteiger partial charge in [-0.2, -0.15) is 0 Å². The van der Waals surface area contributed by atoms with Crippen molar-refractivity contribution in [3.63, 3.8) is 0 Å². The van der Waals surface area contributed by atoms with Crippen LogP contribution in [0.1, 0.15) is 51.8 Å². The van der Waals surface area contributed by atoms with Gasteiger partial charge in [-0.3, -0.25) is 0 Å². The van der Waals surface area contributed by atoms with Gasteiger partial charge < -0.3 is 10.1 Å². The van der Waals surface area contributed by atoms with E-state index in [1.54, 1.807) is 6.20 Å². The SMILES string of the molecule is CCCCOC(=O)NCc1cncnc1C(C)(C)C. The van der Waals surface area contributed by atoms with Crippen molar-refractivity contribution in [3.05, 3.63) is 23.8 Å². The molecule has 0 atom stereocenters. The third kappa shape index (κ3) is 5.24. The topological polar surface area (TPSA) is 64.1 Å². The summed E-state index contributed by atoms with van der Waals surface area (Å²) in [6.07, 6.45) is 4.77. The van der Waals surface area contributed by atoms with Gasteiger partial charge in [-0.1, -0.05) is 34.1 Å². The predicted octanol–water partition coefficient (Wildman–Crippen LogP) is 2.80. The average Bonchev–Trinajstić information content (AvgIpc) is 2.36. The summed E-state index contributed by atoms with van der Waals surface area (Å²) in [6, 6.07) is 0. The van der Waals surface area contributed by atoms with E-state index >= 15 is 0 Å². The Kier molecular flexibility index (Phi) is 5.73. The Labute approximate surface area is 114 Å². The van der Waals surface area contributed by atoms with E-state index in [2.05, 4.69) is 43.0 Å². The molecule has 0 radical (unpaired) electrons. The van der Waals surface area contributed by atoms with Gasteiger partial charge in [0.25, 0.3) is 0 Å². The van der Waals surface area contributed by atoms with Crippen LogP contribution >= 0.6 is 0 Å². The monoisotopic (exact) mass is 265 g/mol. The quantitative estimate of drug-likeness (QED) is 0.831. The van der Waals surface area contributed by atoms with Crippen molar-refractivity contribution in [3.8, 4) is 0 Å². The summed E-state index contributed by atoms with van der Waals surface area (Å²) in [5.74, 6) is 0. The molecule has 19 heavy (non-hydrogen) atoms. The van der Waals surface area contributed by atoms with Crippen LogP contribution in [-0.2, 0) is 16.7 Å². The van der Waals surface area contributed by atoms with Gasteiger partial charge >= 0.3 is 6.09 Å². The zero-order valence-electron chi connectivity index (χ0n) is 12.2. The van der Waals surface area contributed by atoms with Crippen LogP contribution in [-0.4, -0.2) is 22.7 Å². The number of rotatable bonds is 5.